The lowest BCUT2D eigenvalue weighted by Gasteiger charge is -2.17. The molecule has 1 aromatic carbocycles. The van der Waals surface area contributed by atoms with Crippen molar-refractivity contribution in [2.45, 2.75) is 13.3 Å². The maximum Gasteiger partial charge on any atom is 0.293 e. The van der Waals surface area contributed by atoms with E-state index in [-0.39, 0.29) is 35.4 Å². The number of aryl methyl sites for hydroxylation is 1. The maximum atomic E-state index is 12.4. The lowest BCUT2D eigenvalue weighted by molar-refractivity contribution is -0.384. The summed E-state index contributed by atoms with van der Waals surface area (Å²) in [6.07, 6.45) is 0.732. The number of likely N-dealkylation sites (tertiary alicyclic amines) is 1. The molecule has 3 N–H and O–H groups in total. The number of hydrogen-bond donors (Lipinski definition) is 2. The second-order valence-corrected chi connectivity index (χ2v) is 5.09. The van der Waals surface area contributed by atoms with Gasteiger partial charge in [0.15, 0.2) is 0 Å². The van der Waals surface area contributed by atoms with Crippen LogP contribution in [0.4, 0.5) is 11.4 Å². The van der Waals surface area contributed by atoms with Gasteiger partial charge in [0.25, 0.3) is 11.6 Å². The van der Waals surface area contributed by atoms with Gasteiger partial charge in [-0.3, -0.25) is 14.9 Å². The first-order valence-corrected chi connectivity index (χ1v) is 6.38. The van der Waals surface area contributed by atoms with Crippen molar-refractivity contribution in [1.82, 2.24) is 4.90 Å². The average Bonchev–Trinajstić information content (AvgIpc) is 2.88. The molecule has 1 amide bonds. The summed E-state index contributed by atoms with van der Waals surface area (Å²) in [4.78, 5) is 24.3. The summed E-state index contributed by atoms with van der Waals surface area (Å²) in [7, 11) is 0. The molecule has 1 unspecified atom stereocenters. The Balaban J connectivity index is 2.33. The van der Waals surface area contributed by atoms with E-state index in [1.54, 1.807) is 17.9 Å². The van der Waals surface area contributed by atoms with Crippen molar-refractivity contribution in [2.75, 3.05) is 25.4 Å². The number of hydrogen-bond acceptors (Lipinski definition) is 5. The molecular weight excluding hydrogens is 262 g/mol. The number of benzene rings is 1. The third-order valence-electron chi connectivity index (χ3n) is 3.56. The van der Waals surface area contributed by atoms with Crippen molar-refractivity contribution < 1.29 is 14.8 Å². The quantitative estimate of drug-likeness (QED) is 0.486. The molecule has 1 aliphatic heterocycles. The molecule has 0 spiro atoms. The van der Waals surface area contributed by atoms with Gasteiger partial charge < -0.3 is 15.7 Å². The topological polar surface area (TPSA) is 110 Å². The number of nitrogen functional groups attached to an aromatic ring is 1. The molecule has 1 aromatic rings. The van der Waals surface area contributed by atoms with Crippen LogP contribution in [0.5, 0.6) is 0 Å². The van der Waals surface area contributed by atoms with Crippen molar-refractivity contribution in [2.24, 2.45) is 5.92 Å². The first-order valence-electron chi connectivity index (χ1n) is 6.38. The molecule has 0 aromatic heterocycles. The van der Waals surface area contributed by atoms with Gasteiger partial charge in [0.2, 0.25) is 0 Å². The van der Waals surface area contributed by atoms with Gasteiger partial charge in [-0.2, -0.15) is 0 Å². The van der Waals surface area contributed by atoms with E-state index < -0.39 is 4.92 Å². The lowest BCUT2D eigenvalue weighted by Crippen LogP contribution is -2.30. The van der Waals surface area contributed by atoms with Gasteiger partial charge in [0.05, 0.1) is 10.5 Å². The van der Waals surface area contributed by atoms with E-state index in [0.29, 0.717) is 18.7 Å². The normalized spacial score (nSPS) is 18.3. The number of nitrogens with two attached hydrogens (primary N) is 1. The van der Waals surface area contributed by atoms with E-state index in [1.165, 1.54) is 6.07 Å². The second kappa shape index (κ2) is 5.46. The third-order valence-corrected chi connectivity index (χ3v) is 3.56. The van der Waals surface area contributed by atoms with Gasteiger partial charge in [-0.05, 0) is 25.0 Å². The molecule has 1 atom stereocenters. The molecule has 0 radical (unpaired) electrons. The fourth-order valence-corrected chi connectivity index (χ4v) is 2.44. The Morgan fingerprint density at radius 3 is 2.85 bits per heavy atom. The highest BCUT2D eigenvalue weighted by atomic mass is 16.6. The predicted molar refractivity (Wildman–Crippen MR) is 73.3 cm³/mol. The molecule has 0 aliphatic carbocycles. The van der Waals surface area contributed by atoms with Crippen LogP contribution in [0.15, 0.2) is 12.1 Å². The number of nitro benzene ring substituents is 1. The molecule has 0 bridgehead atoms. The largest absolute Gasteiger partial charge is 0.396 e. The molecule has 7 heteroatoms. The number of aliphatic hydroxyl groups is 1. The van der Waals surface area contributed by atoms with Crippen LogP contribution in [-0.4, -0.2) is 40.5 Å². The van der Waals surface area contributed by atoms with Crippen LogP contribution in [0.1, 0.15) is 22.3 Å². The first kappa shape index (κ1) is 14.3. The molecule has 1 saturated heterocycles. The standard InChI is InChI=1S/C13H17N3O4/c1-8-4-10(12(14)11(5-8)16(19)20)13(18)15-3-2-9(6-15)7-17/h4-5,9,17H,2-3,6-7,14H2,1H3. The van der Waals surface area contributed by atoms with E-state index >= 15 is 0 Å². The number of rotatable bonds is 3. The van der Waals surface area contributed by atoms with E-state index in [1.807, 2.05) is 0 Å². The Labute approximate surface area is 116 Å². The molecule has 2 rings (SSSR count). The van der Waals surface area contributed by atoms with Crippen LogP contribution in [0.2, 0.25) is 0 Å². The van der Waals surface area contributed by atoms with Crippen molar-refractivity contribution >= 4 is 17.3 Å². The Hall–Kier alpha value is -2.15. The molecule has 1 aliphatic rings. The summed E-state index contributed by atoms with van der Waals surface area (Å²) in [5.74, 6) is -0.245. The zero-order valence-electron chi connectivity index (χ0n) is 11.2. The van der Waals surface area contributed by atoms with Crippen LogP contribution in [-0.2, 0) is 0 Å². The molecule has 1 fully saturated rings. The van der Waals surface area contributed by atoms with Crippen LogP contribution >= 0.6 is 0 Å². The summed E-state index contributed by atoms with van der Waals surface area (Å²) in [5.41, 5.74) is 6.19. The summed E-state index contributed by atoms with van der Waals surface area (Å²) >= 11 is 0. The maximum absolute atomic E-state index is 12.4. The van der Waals surface area contributed by atoms with Crippen LogP contribution in [0.3, 0.4) is 0 Å². The Morgan fingerprint density at radius 2 is 2.30 bits per heavy atom. The van der Waals surface area contributed by atoms with Crippen LogP contribution < -0.4 is 5.73 Å². The highest BCUT2D eigenvalue weighted by molar-refractivity contribution is 6.01. The number of aliphatic hydroxyl groups excluding tert-OH is 1. The second-order valence-electron chi connectivity index (χ2n) is 5.09. The van der Waals surface area contributed by atoms with Crippen molar-refractivity contribution in [3.8, 4) is 0 Å². The summed E-state index contributed by atoms with van der Waals surface area (Å²) < 4.78 is 0. The SMILES string of the molecule is Cc1cc(C(=O)N2CCC(CO)C2)c(N)c([N+](=O)[O-])c1. The zero-order chi connectivity index (χ0) is 14.9. The van der Waals surface area contributed by atoms with Gasteiger partial charge in [-0.1, -0.05) is 0 Å². The number of carbonyl (C=O) groups excluding carboxylic acids is 1. The lowest BCUT2D eigenvalue weighted by atomic mass is 10.1. The molecular formula is C13H17N3O4. The average molecular weight is 279 g/mol. The van der Waals surface area contributed by atoms with E-state index in [9.17, 15) is 14.9 Å². The predicted octanol–water partition coefficient (Wildman–Crippen LogP) is 0.940. The van der Waals surface area contributed by atoms with E-state index in [0.717, 1.165) is 6.42 Å². The van der Waals surface area contributed by atoms with Gasteiger partial charge in [0, 0.05) is 31.7 Å². The van der Waals surface area contributed by atoms with E-state index in [2.05, 4.69) is 0 Å². The minimum atomic E-state index is -0.584. The number of nitro groups is 1. The zero-order valence-corrected chi connectivity index (χ0v) is 11.2. The first-order chi connectivity index (χ1) is 9.43. The number of amides is 1. The monoisotopic (exact) mass is 279 g/mol. The fourth-order valence-electron chi connectivity index (χ4n) is 2.44. The smallest absolute Gasteiger partial charge is 0.293 e. The number of nitrogens with zero attached hydrogens (tertiary/aromatic N) is 2. The highest BCUT2D eigenvalue weighted by Crippen LogP contribution is 2.29. The number of carbonyl (C=O) groups is 1. The third kappa shape index (κ3) is 2.57. The molecule has 7 nitrogen and oxygen atoms in total. The minimum absolute atomic E-state index is 0.0349. The Morgan fingerprint density at radius 1 is 1.60 bits per heavy atom. The molecule has 108 valence electrons. The van der Waals surface area contributed by atoms with Crippen LogP contribution in [0.25, 0.3) is 0 Å². The number of anilines is 1. The summed E-state index contributed by atoms with van der Waals surface area (Å²) in [6, 6.07) is 2.92. The van der Waals surface area contributed by atoms with Gasteiger partial charge in [-0.25, -0.2) is 0 Å². The van der Waals surface area contributed by atoms with Crippen molar-refractivity contribution in [1.29, 1.82) is 0 Å². The van der Waals surface area contributed by atoms with Crippen molar-refractivity contribution in [3.63, 3.8) is 0 Å². The summed E-state index contributed by atoms with van der Waals surface area (Å²) in [6.45, 7) is 2.71. The minimum Gasteiger partial charge on any atom is -0.396 e. The van der Waals surface area contributed by atoms with Gasteiger partial charge in [-0.15, -0.1) is 0 Å². The summed E-state index contributed by atoms with van der Waals surface area (Å²) in [5, 5.41) is 20.0. The Kier molecular flexibility index (Phi) is 3.89. The molecule has 1 heterocycles. The Bertz CT molecular complexity index is 559. The van der Waals surface area contributed by atoms with E-state index in [4.69, 9.17) is 10.8 Å². The van der Waals surface area contributed by atoms with Crippen molar-refractivity contribution in [3.05, 3.63) is 33.4 Å². The van der Waals surface area contributed by atoms with Crippen LogP contribution in [0, 0.1) is 23.0 Å². The highest BCUT2D eigenvalue weighted by Gasteiger charge is 2.29. The molecule has 0 saturated carbocycles. The van der Waals surface area contributed by atoms with Gasteiger partial charge >= 0.3 is 0 Å². The fraction of sp³-hybridized carbons (Fsp3) is 0.462. The van der Waals surface area contributed by atoms with Gasteiger partial charge in [0.1, 0.15) is 5.69 Å². The molecule has 20 heavy (non-hydrogen) atoms.